The van der Waals surface area contributed by atoms with Crippen molar-refractivity contribution in [3.05, 3.63) is 64.4 Å². The van der Waals surface area contributed by atoms with Crippen molar-refractivity contribution in [2.24, 2.45) is 0 Å². The number of carbonyl (C=O) groups is 1. The van der Waals surface area contributed by atoms with Gasteiger partial charge in [-0.2, -0.15) is 0 Å². The molecule has 0 heterocycles. The molecule has 1 N–H and O–H groups in total. The Morgan fingerprint density at radius 3 is 2.62 bits per heavy atom. The van der Waals surface area contributed by atoms with E-state index in [4.69, 9.17) is 4.74 Å². The molecular formula is C16H17BrFNO2. The summed E-state index contributed by atoms with van der Waals surface area (Å²) >= 11 is 3.18. The summed E-state index contributed by atoms with van der Waals surface area (Å²) in [6.45, 7) is 9.36. The minimum absolute atomic E-state index is 0.170. The summed E-state index contributed by atoms with van der Waals surface area (Å²) < 4.78 is 19.0. The van der Waals surface area contributed by atoms with Gasteiger partial charge in [0.05, 0.1) is 7.11 Å². The molecule has 0 saturated carbocycles. The Morgan fingerprint density at radius 1 is 1.48 bits per heavy atom. The topological polar surface area (TPSA) is 38.3 Å². The van der Waals surface area contributed by atoms with E-state index in [0.717, 1.165) is 0 Å². The molecule has 3 nitrogen and oxygen atoms in total. The summed E-state index contributed by atoms with van der Waals surface area (Å²) in [7, 11) is 1.40. The Bertz CT molecular complexity index is 608. The van der Waals surface area contributed by atoms with Gasteiger partial charge in [0.15, 0.2) is 11.6 Å². The van der Waals surface area contributed by atoms with Gasteiger partial charge < -0.3 is 10.1 Å². The zero-order chi connectivity index (χ0) is 16.0. The van der Waals surface area contributed by atoms with E-state index in [-0.39, 0.29) is 18.2 Å². The van der Waals surface area contributed by atoms with Gasteiger partial charge in [0, 0.05) is 16.6 Å². The van der Waals surface area contributed by atoms with Crippen LogP contribution in [0.5, 0.6) is 5.75 Å². The molecule has 0 aromatic heterocycles. The predicted octanol–water partition coefficient (Wildman–Crippen LogP) is 3.86. The van der Waals surface area contributed by atoms with Crippen molar-refractivity contribution in [1.82, 2.24) is 5.32 Å². The molecule has 0 radical (unpaired) electrons. The second kappa shape index (κ2) is 7.78. The van der Waals surface area contributed by atoms with E-state index >= 15 is 0 Å². The number of allylic oxidation sites excluding steroid dienone is 2. The number of amides is 1. The lowest BCUT2D eigenvalue weighted by Gasteiger charge is -2.10. The highest BCUT2D eigenvalue weighted by Gasteiger charge is 2.11. The number of ether oxygens (including phenoxy) is 1. The smallest absolute Gasteiger partial charge is 0.251 e. The fourth-order valence-corrected chi connectivity index (χ4v) is 1.87. The van der Waals surface area contributed by atoms with Crippen LogP contribution in [0.4, 0.5) is 4.39 Å². The molecule has 1 rings (SSSR count). The average Bonchev–Trinajstić information content (AvgIpc) is 2.41. The largest absolute Gasteiger partial charge is 0.494 e. The lowest BCUT2D eigenvalue weighted by Crippen LogP contribution is -2.25. The zero-order valence-corrected chi connectivity index (χ0v) is 13.6. The van der Waals surface area contributed by atoms with Crippen LogP contribution in [0.15, 0.2) is 53.1 Å². The first kappa shape index (κ1) is 17.2. The van der Waals surface area contributed by atoms with Crippen molar-refractivity contribution in [3.63, 3.8) is 0 Å². The van der Waals surface area contributed by atoms with E-state index in [1.54, 1.807) is 19.1 Å². The average molecular weight is 354 g/mol. The SMILES string of the molecule is C=C(Br)/C=C(\C(=C)C)C(=O)NCc1ccc(OC)c(F)c1. The van der Waals surface area contributed by atoms with Crippen LogP contribution in [0.25, 0.3) is 0 Å². The van der Waals surface area contributed by atoms with E-state index in [0.29, 0.717) is 21.2 Å². The van der Waals surface area contributed by atoms with Crippen LogP contribution in [0, 0.1) is 5.82 Å². The quantitative estimate of drug-likeness (QED) is 0.622. The van der Waals surface area contributed by atoms with Gasteiger partial charge in [0.25, 0.3) is 5.91 Å². The second-order valence-electron chi connectivity index (χ2n) is 4.44. The van der Waals surface area contributed by atoms with Crippen molar-refractivity contribution in [2.75, 3.05) is 7.11 Å². The van der Waals surface area contributed by atoms with E-state index < -0.39 is 5.82 Å². The molecule has 0 bridgehead atoms. The highest BCUT2D eigenvalue weighted by atomic mass is 79.9. The van der Waals surface area contributed by atoms with Crippen molar-refractivity contribution in [2.45, 2.75) is 13.5 Å². The third kappa shape index (κ3) is 5.19. The van der Waals surface area contributed by atoms with Gasteiger partial charge in [0.1, 0.15) is 0 Å². The van der Waals surface area contributed by atoms with Gasteiger partial charge >= 0.3 is 0 Å². The summed E-state index contributed by atoms with van der Waals surface area (Å²) in [4.78, 5) is 12.1. The number of methoxy groups -OCH3 is 1. The third-order valence-electron chi connectivity index (χ3n) is 2.67. The molecule has 0 aliphatic rings. The minimum Gasteiger partial charge on any atom is -0.494 e. The predicted molar refractivity (Wildman–Crippen MR) is 85.8 cm³/mol. The molecule has 1 aromatic carbocycles. The first-order valence-electron chi connectivity index (χ1n) is 6.17. The van der Waals surface area contributed by atoms with Crippen LogP contribution in [-0.2, 0) is 11.3 Å². The molecular weight excluding hydrogens is 337 g/mol. The van der Waals surface area contributed by atoms with Crippen LogP contribution in [0.3, 0.4) is 0 Å². The summed E-state index contributed by atoms with van der Waals surface area (Å²) in [5.41, 5.74) is 1.68. The highest BCUT2D eigenvalue weighted by molar-refractivity contribution is 9.11. The summed E-state index contributed by atoms with van der Waals surface area (Å²) in [6.07, 6.45) is 1.59. The Balaban J connectivity index is 2.78. The van der Waals surface area contributed by atoms with Gasteiger partial charge in [-0.1, -0.05) is 35.2 Å². The van der Waals surface area contributed by atoms with E-state index in [1.165, 1.54) is 19.2 Å². The molecule has 0 aliphatic heterocycles. The summed E-state index contributed by atoms with van der Waals surface area (Å²) in [6, 6.07) is 4.54. The number of halogens is 2. The highest BCUT2D eigenvalue weighted by Crippen LogP contribution is 2.18. The number of benzene rings is 1. The molecule has 1 aromatic rings. The molecule has 21 heavy (non-hydrogen) atoms. The van der Waals surface area contributed by atoms with Crippen LogP contribution in [0.2, 0.25) is 0 Å². The fourth-order valence-electron chi connectivity index (χ4n) is 1.64. The lowest BCUT2D eigenvalue weighted by atomic mass is 10.1. The van der Waals surface area contributed by atoms with E-state index in [1.807, 2.05) is 0 Å². The molecule has 0 atom stereocenters. The first-order chi connectivity index (χ1) is 9.85. The van der Waals surface area contributed by atoms with Gasteiger partial charge in [-0.25, -0.2) is 4.39 Å². The Kier molecular flexibility index (Phi) is 6.37. The standard InChI is InChI=1S/C16H17BrFNO2/c1-10(2)13(7-11(3)17)16(20)19-9-12-5-6-15(21-4)14(18)8-12/h5-8H,1,3,9H2,2,4H3,(H,19,20)/b13-7+. The zero-order valence-electron chi connectivity index (χ0n) is 12.0. The maximum Gasteiger partial charge on any atom is 0.251 e. The maximum absolute atomic E-state index is 13.6. The van der Waals surface area contributed by atoms with E-state index in [2.05, 4.69) is 34.4 Å². The maximum atomic E-state index is 13.6. The third-order valence-corrected chi connectivity index (χ3v) is 2.90. The van der Waals surface area contributed by atoms with Crippen molar-refractivity contribution in [1.29, 1.82) is 0 Å². The second-order valence-corrected chi connectivity index (χ2v) is 5.46. The molecule has 0 spiro atoms. The normalized spacial score (nSPS) is 11.0. The van der Waals surface area contributed by atoms with Crippen LogP contribution < -0.4 is 10.1 Å². The number of hydrogen-bond donors (Lipinski definition) is 1. The Morgan fingerprint density at radius 2 is 2.14 bits per heavy atom. The van der Waals surface area contributed by atoms with Gasteiger partial charge in [-0.15, -0.1) is 0 Å². The fraction of sp³-hybridized carbons (Fsp3) is 0.188. The number of rotatable bonds is 6. The summed E-state index contributed by atoms with van der Waals surface area (Å²) in [5.74, 6) is -0.587. The van der Waals surface area contributed by atoms with E-state index in [9.17, 15) is 9.18 Å². The van der Waals surface area contributed by atoms with Crippen molar-refractivity contribution >= 4 is 21.8 Å². The van der Waals surface area contributed by atoms with Crippen LogP contribution in [-0.4, -0.2) is 13.0 Å². The Labute approximate surface area is 132 Å². The van der Waals surface area contributed by atoms with Crippen LogP contribution in [0.1, 0.15) is 12.5 Å². The summed E-state index contributed by atoms with van der Waals surface area (Å²) in [5, 5.41) is 2.71. The van der Waals surface area contributed by atoms with Gasteiger partial charge in [-0.05, 0) is 36.3 Å². The van der Waals surface area contributed by atoms with Gasteiger partial charge in [0.2, 0.25) is 0 Å². The van der Waals surface area contributed by atoms with Gasteiger partial charge in [-0.3, -0.25) is 4.79 Å². The Hall–Kier alpha value is -1.88. The molecule has 0 saturated heterocycles. The monoisotopic (exact) mass is 353 g/mol. The molecule has 112 valence electrons. The molecule has 1 amide bonds. The molecule has 0 unspecified atom stereocenters. The number of carbonyl (C=O) groups excluding carboxylic acids is 1. The molecule has 0 aliphatic carbocycles. The van der Waals surface area contributed by atoms with Crippen molar-refractivity contribution in [3.8, 4) is 5.75 Å². The number of hydrogen-bond acceptors (Lipinski definition) is 2. The van der Waals surface area contributed by atoms with Crippen LogP contribution >= 0.6 is 15.9 Å². The lowest BCUT2D eigenvalue weighted by molar-refractivity contribution is -0.117. The molecule has 0 fully saturated rings. The minimum atomic E-state index is -0.464. The van der Waals surface area contributed by atoms with Crippen molar-refractivity contribution < 1.29 is 13.9 Å². The molecule has 5 heteroatoms. The number of nitrogens with one attached hydrogen (secondary N) is 1. The first-order valence-corrected chi connectivity index (χ1v) is 6.97.